The Kier molecular flexibility index (Phi) is 5.19. The number of hydrogen-bond donors (Lipinski definition) is 2. The molecule has 0 radical (unpaired) electrons. The van der Waals surface area contributed by atoms with Crippen molar-refractivity contribution in [3.63, 3.8) is 0 Å². The lowest BCUT2D eigenvalue weighted by atomic mass is 9.99. The van der Waals surface area contributed by atoms with Gasteiger partial charge in [0.2, 0.25) is 0 Å². The third-order valence-corrected chi connectivity index (χ3v) is 3.80. The molecule has 106 valence electrons. The number of rotatable bonds is 5. The predicted octanol–water partition coefficient (Wildman–Crippen LogP) is 1.33. The molecule has 0 spiro atoms. The summed E-state index contributed by atoms with van der Waals surface area (Å²) >= 11 is 0. The highest BCUT2D eigenvalue weighted by Crippen LogP contribution is 2.28. The van der Waals surface area contributed by atoms with E-state index in [1.807, 2.05) is 6.07 Å². The van der Waals surface area contributed by atoms with Crippen LogP contribution in [0.3, 0.4) is 0 Å². The van der Waals surface area contributed by atoms with Crippen LogP contribution in [0, 0.1) is 6.92 Å². The standard InChI is InChI=1S/C15H24N2O2/c1-12-11-13(3-4-15(12)19-2)14(5-10-18)17-8-6-16-7-9-17/h3-4,11,14,16,18H,5-10H2,1-2H3/t14-/m0/s1. The zero-order valence-corrected chi connectivity index (χ0v) is 11.9. The van der Waals surface area contributed by atoms with Gasteiger partial charge in [0.1, 0.15) is 5.75 Å². The van der Waals surface area contributed by atoms with E-state index in [9.17, 15) is 5.11 Å². The quantitative estimate of drug-likeness (QED) is 0.842. The van der Waals surface area contributed by atoms with E-state index >= 15 is 0 Å². The molecule has 1 aromatic rings. The highest BCUT2D eigenvalue weighted by Gasteiger charge is 2.22. The highest BCUT2D eigenvalue weighted by atomic mass is 16.5. The molecule has 0 aromatic heterocycles. The minimum absolute atomic E-state index is 0.222. The number of ether oxygens (including phenoxy) is 1. The molecule has 0 saturated carbocycles. The van der Waals surface area contributed by atoms with Gasteiger partial charge in [-0.25, -0.2) is 0 Å². The lowest BCUT2D eigenvalue weighted by Crippen LogP contribution is -2.45. The van der Waals surface area contributed by atoms with Crippen molar-refractivity contribution in [3.05, 3.63) is 29.3 Å². The van der Waals surface area contributed by atoms with Crippen molar-refractivity contribution in [1.82, 2.24) is 10.2 Å². The fraction of sp³-hybridized carbons (Fsp3) is 0.600. The Morgan fingerprint density at radius 3 is 2.68 bits per heavy atom. The Hall–Kier alpha value is -1.10. The first-order valence-corrected chi connectivity index (χ1v) is 6.96. The normalized spacial score (nSPS) is 18.3. The van der Waals surface area contributed by atoms with Crippen molar-refractivity contribution in [3.8, 4) is 5.75 Å². The van der Waals surface area contributed by atoms with E-state index in [1.54, 1.807) is 7.11 Å². The van der Waals surface area contributed by atoms with E-state index in [0.29, 0.717) is 6.04 Å². The minimum Gasteiger partial charge on any atom is -0.496 e. The molecule has 0 unspecified atom stereocenters. The van der Waals surface area contributed by atoms with Crippen LogP contribution in [-0.2, 0) is 0 Å². The molecule has 1 atom stereocenters. The summed E-state index contributed by atoms with van der Waals surface area (Å²) in [5.74, 6) is 0.923. The summed E-state index contributed by atoms with van der Waals surface area (Å²) in [7, 11) is 1.70. The van der Waals surface area contributed by atoms with Crippen LogP contribution in [0.25, 0.3) is 0 Å². The van der Waals surface area contributed by atoms with Gasteiger partial charge in [0.15, 0.2) is 0 Å². The summed E-state index contributed by atoms with van der Waals surface area (Å²) in [5, 5.41) is 12.7. The Morgan fingerprint density at radius 2 is 2.11 bits per heavy atom. The minimum atomic E-state index is 0.222. The van der Waals surface area contributed by atoms with Gasteiger partial charge in [0.05, 0.1) is 7.11 Å². The molecule has 0 bridgehead atoms. The molecule has 1 aliphatic heterocycles. The SMILES string of the molecule is COc1ccc([C@H](CCO)N2CCNCC2)cc1C. The number of methoxy groups -OCH3 is 1. The maximum absolute atomic E-state index is 9.33. The van der Waals surface area contributed by atoms with Gasteiger partial charge in [-0.15, -0.1) is 0 Å². The van der Waals surface area contributed by atoms with E-state index in [4.69, 9.17) is 4.74 Å². The maximum atomic E-state index is 9.33. The average molecular weight is 264 g/mol. The highest BCUT2D eigenvalue weighted by molar-refractivity contribution is 5.37. The van der Waals surface area contributed by atoms with Gasteiger partial charge >= 0.3 is 0 Å². The number of piperazine rings is 1. The van der Waals surface area contributed by atoms with Gasteiger partial charge < -0.3 is 15.2 Å². The molecule has 0 amide bonds. The smallest absolute Gasteiger partial charge is 0.121 e. The molecule has 2 rings (SSSR count). The van der Waals surface area contributed by atoms with Gasteiger partial charge in [-0.3, -0.25) is 4.90 Å². The molecular weight excluding hydrogens is 240 g/mol. The predicted molar refractivity (Wildman–Crippen MR) is 76.6 cm³/mol. The van der Waals surface area contributed by atoms with E-state index < -0.39 is 0 Å². The Morgan fingerprint density at radius 1 is 1.37 bits per heavy atom. The lowest BCUT2D eigenvalue weighted by molar-refractivity contribution is 0.141. The van der Waals surface area contributed by atoms with Crippen molar-refractivity contribution in [2.24, 2.45) is 0 Å². The number of aliphatic hydroxyl groups is 1. The number of aryl methyl sites for hydroxylation is 1. The van der Waals surface area contributed by atoms with Crippen LogP contribution in [-0.4, -0.2) is 49.9 Å². The van der Waals surface area contributed by atoms with Gasteiger partial charge in [-0.2, -0.15) is 0 Å². The average Bonchev–Trinajstić information content (AvgIpc) is 2.45. The molecule has 1 fully saturated rings. The van der Waals surface area contributed by atoms with Crippen LogP contribution in [0.5, 0.6) is 5.75 Å². The third kappa shape index (κ3) is 3.47. The number of hydrogen-bond acceptors (Lipinski definition) is 4. The molecular formula is C15H24N2O2. The van der Waals surface area contributed by atoms with Gasteiger partial charge in [0.25, 0.3) is 0 Å². The second kappa shape index (κ2) is 6.89. The van der Waals surface area contributed by atoms with Gasteiger partial charge in [0, 0.05) is 38.8 Å². The molecule has 4 heteroatoms. The van der Waals surface area contributed by atoms with Crippen molar-refractivity contribution in [2.75, 3.05) is 39.9 Å². The fourth-order valence-electron chi connectivity index (χ4n) is 2.79. The monoisotopic (exact) mass is 264 g/mol. The first-order valence-electron chi connectivity index (χ1n) is 6.96. The first kappa shape index (κ1) is 14.3. The number of nitrogens with zero attached hydrogens (tertiary/aromatic N) is 1. The van der Waals surface area contributed by atoms with Gasteiger partial charge in [-0.05, 0) is 30.5 Å². The summed E-state index contributed by atoms with van der Waals surface area (Å²) in [6, 6.07) is 6.63. The second-order valence-electron chi connectivity index (χ2n) is 5.04. The van der Waals surface area contributed by atoms with E-state index in [0.717, 1.165) is 43.9 Å². The molecule has 4 nitrogen and oxygen atoms in total. The maximum Gasteiger partial charge on any atom is 0.121 e. The molecule has 1 aliphatic rings. The molecule has 1 aromatic carbocycles. The van der Waals surface area contributed by atoms with Crippen LogP contribution < -0.4 is 10.1 Å². The van der Waals surface area contributed by atoms with Crippen LogP contribution in [0.2, 0.25) is 0 Å². The van der Waals surface area contributed by atoms with Crippen molar-refractivity contribution >= 4 is 0 Å². The molecule has 19 heavy (non-hydrogen) atoms. The topological polar surface area (TPSA) is 44.7 Å². The van der Waals surface area contributed by atoms with Crippen LogP contribution in [0.1, 0.15) is 23.6 Å². The number of benzene rings is 1. The fourth-order valence-corrected chi connectivity index (χ4v) is 2.79. The number of aliphatic hydroxyl groups excluding tert-OH is 1. The third-order valence-electron chi connectivity index (χ3n) is 3.80. The van der Waals surface area contributed by atoms with Crippen molar-refractivity contribution < 1.29 is 9.84 Å². The van der Waals surface area contributed by atoms with E-state index in [1.165, 1.54) is 5.56 Å². The first-order chi connectivity index (χ1) is 9.26. The summed E-state index contributed by atoms with van der Waals surface area (Å²) in [6.07, 6.45) is 0.784. The lowest BCUT2D eigenvalue weighted by Gasteiger charge is -2.35. The van der Waals surface area contributed by atoms with Crippen LogP contribution >= 0.6 is 0 Å². The van der Waals surface area contributed by atoms with Gasteiger partial charge in [-0.1, -0.05) is 12.1 Å². The number of nitrogens with one attached hydrogen (secondary N) is 1. The molecule has 1 saturated heterocycles. The van der Waals surface area contributed by atoms with Crippen molar-refractivity contribution in [1.29, 1.82) is 0 Å². The Labute approximate surface area is 115 Å². The summed E-state index contributed by atoms with van der Waals surface area (Å²) < 4.78 is 5.31. The largest absolute Gasteiger partial charge is 0.496 e. The van der Waals surface area contributed by atoms with Crippen LogP contribution in [0.4, 0.5) is 0 Å². The van der Waals surface area contributed by atoms with Crippen molar-refractivity contribution in [2.45, 2.75) is 19.4 Å². The Bertz CT molecular complexity index is 403. The second-order valence-corrected chi connectivity index (χ2v) is 5.04. The summed E-state index contributed by atoms with van der Waals surface area (Å²) in [6.45, 7) is 6.41. The molecule has 2 N–H and O–H groups in total. The van der Waals surface area contributed by atoms with Crippen LogP contribution in [0.15, 0.2) is 18.2 Å². The summed E-state index contributed by atoms with van der Waals surface area (Å²) in [4.78, 5) is 2.45. The van der Waals surface area contributed by atoms with E-state index in [2.05, 4.69) is 29.3 Å². The zero-order valence-electron chi connectivity index (χ0n) is 11.9. The summed E-state index contributed by atoms with van der Waals surface area (Å²) in [5.41, 5.74) is 2.42. The molecule has 1 heterocycles. The zero-order chi connectivity index (χ0) is 13.7. The van der Waals surface area contributed by atoms with E-state index in [-0.39, 0.29) is 6.61 Å². The Balaban J connectivity index is 2.19. The molecule has 0 aliphatic carbocycles.